The normalized spacial score (nSPS) is 33.2. The van der Waals surface area contributed by atoms with Crippen molar-refractivity contribution in [3.05, 3.63) is 0 Å². The molecule has 0 aliphatic carbocycles. The van der Waals surface area contributed by atoms with Crippen molar-refractivity contribution in [2.75, 3.05) is 6.54 Å². The topological polar surface area (TPSA) is 3.24 Å². The third-order valence-electron chi connectivity index (χ3n) is 2.65. The Morgan fingerprint density at radius 3 is 2.36 bits per heavy atom. The molecule has 1 heteroatoms. The van der Waals surface area contributed by atoms with Gasteiger partial charge in [-0.1, -0.05) is 12.3 Å². The zero-order valence-electron chi connectivity index (χ0n) is 7.51. The fourth-order valence-electron chi connectivity index (χ4n) is 1.89. The number of hydrogen-bond donors (Lipinski definition) is 0. The number of terminal acetylenes is 1. The standard InChI is InChI=1S/C10H17N/c1-4-8-11-9(2)6-5-7-10(11)3/h1,9-10H,5-8H2,2-3H3. The highest BCUT2D eigenvalue weighted by Gasteiger charge is 2.22. The summed E-state index contributed by atoms with van der Waals surface area (Å²) in [6.07, 6.45) is 9.28. The average Bonchev–Trinajstić information content (AvgIpc) is 1.97. The molecule has 0 aromatic carbocycles. The van der Waals surface area contributed by atoms with Crippen LogP contribution in [0.3, 0.4) is 0 Å². The van der Waals surface area contributed by atoms with Gasteiger partial charge in [-0.05, 0) is 26.7 Å². The monoisotopic (exact) mass is 151 g/mol. The number of likely N-dealkylation sites (tertiary alicyclic amines) is 1. The Kier molecular flexibility index (Phi) is 2.96. The van der Waals surface area contributed by atoms with E-state index in [0.717, 1.165) is 6.54 Å². The Morgan fingerprint density at radius 2 is 1.91 bits per heavy atom. The molecule has 2 unspecified atom stereocenters. The minimum Gasteiger partial charge on any atom is -0.287 e. The lowest BCUT2D eigenvalue weighted by atomic mass is 9.98. The van der Waals surface area contributed by atoms with E-state index in [4.69, 9.17) is 6.42 Å². The Bertz CT molecular complexity index is 147. The first-order valence-corrected chi connectivity index (χ1v) is 4.45. The second-order valence-electron chi connectivity index (χ2n) is 3.51. The third-order valence-corrected chi connectivity index (χ3v) is 2.65. The Labute approximate surface area is 69.8 Å². The van der Waals surface area contributed by atoms with Crippen LogP contribution < -0.4 is 0 Å². The van der Waals surface area contributed by atoms with E-state index in [1.165, 1.54) is 19.3 Å². The van der Waals surface area contributed by atoms with Crippen molar-refractivity contribution in [2.45, 2.75) is 45.2 Å². The lowest BCUT2D eigenvalue weighted by molar-refractivity contribution is 0.121. The number of piperidine rings is 1. The molecule has 11 heavy (non-hydrogen) atoms. The molecule has 1 rings (SSSR count). The molecule has 62 valence electrons. The molecule has 1 nitrogen and oxygen atoms in total. The van der Waals surface area contributed by atoms with Crippen LogP contribution in [0.15, 0.2) is 0 Å². The highest BCUT2D eigenvalue weighted by atomic mass is 15.2. The number of rotatable bonds is 1. The van der Waals surface area contributed by atoms with Gasteiger partial charge in [0.25, 0.3) is 0 Å². The summed E-state index contributed by atoms with van der Waals surface area (Å²) in [6, 6.07) is 1.38. The van der Waals surface area contributed by atoms with E-state index in [2.05, 4.69) is 24.7 Å². The predicted molar refractivity (Wildman–Crippen MR) is 48.3 cm³/mol. The van der Waals surface area contributed by atoms with Crippen LogP contribution in [0, 0.1) is 12.3 Å². The van der Waals surface area contributed by atoms with E-state index in [1.54, 1.807) is 0 Å². The third kappa shape index (κ3) is 1.97. The molecule has 1 aliphatic heterocycles. The van der Waals surface area contributed by atoms with Gasteiger partial charge in [0, 0.05) is 12.1 Å². The fourth-order valence-corrected chi connectivity index (χ4v) is 1.89. The van der Waals surface area contributed by atoms with Crippen molar-refractivity contribution in [1.82, 2.24) is 4.90 Å². The molecule has 0 N–H and O–H groups in total. The lowest BCUT2D eigenvalue weighted by Gasteiger charge is -2.37. The molecular weight excluding hydrogens is 134 g/mol. The maximum Gasteiger partial charge on any atom is 0.0603 e. The minimum absolute atomic E-state index is 0.690. The van der Waals surface area contributed by atoms with Crippen molar-refractivity contribution in [3.63, 3.8) is 0 Å². The lowest BCUT2D eigenvalue weighted by Crippen LogP contribution is -2.43. The van der Waals surface area contributed by atoms with Gasteiger partial charge >= 0.3 is 0 Å². The van der Waals surface area contributed by atoms with Crippen molar-refractivity contribution in [2.24, 2.45) is 0 Å². The second kappa shape index (κ2) is 3.78. The van der Waals surface area contributed by atoms with Gasteiger partial charge in [-0.15, -0.1) is 6.42 Å². The summed E-state index contributed by atoms with van der Waals surface area (Å²) in [5.41, 5.74) is 0. The molecule has 0 radical (unpaired) electrons. The molecule has 0 spiro atoms. The van der Waals surface area contributed by atoms with Gasteiger partial charge in [0.1, 0.15) is 0 Å². The summed E-state index contributed by atoms with van der Waals surface area (Å²) in [6.45, 7) is 5.36. The highest BCUT2D eigenvalue weighted by Crippen LogP contribution is 2.21. The van der Waals surface area contributed by atoms with Crippen LogP contribution in [0.1, 0.15) is 33.1 Å². The first kappa shape index (κ1) is 8.62. The van der Waals surface area contributed by atoms with Gasteiger partial charge in [0.15, 0.2) is 0 Å². The molecular formula is C10H17N. The Balaban J connectivity index is 2.49. The number of nitrogens with zero attached hydrogens (tertiary/aromatic N) is 1. The first-order chi connectivity index (χ1) is 5.25. The van der Waals surface area contributed by atoms with E-state index < -0.39 is 0 Å². The summed E-state index contributed by atoms with van der Waals surface area (Å²) in [4.78, 5) is 2.42. The molecule has 0 aromatic rings. The minimum atomic E-state index is 0.690. The molecule has 0 bridgehead atoms. The van der Waals surface area contributed by atoms with E-state index in [-0.39, 0.29) is 0 Å². The molecule has 0 amide bonds. The Morgan fingerprint density at radius 1 is 1.36 bits per heavy atom. The molecule has 1 fully saturated rings. The molecule has 1 aliphatic rings. The van der Waals surface area contributed by atoms with Gasteiger partial charge in [-0.2, -0.15) is 0 Å². The number of hydrogen-bond acceptors (Lipinski definition) is 1. The van der Waals surface area contributed by atoms with Gasteiger partial charge < -0.3 is 0 Å². The van der Waals surface area contributed by atoms with Crippen LogP contribution in [0.25, 0.3) is 0 Å². The summed E-state index contributed by atoms with van der Waals surface area (Å²) in [5, 5.41) is 0. The van der Waals surface area contributed by atoms with E-state index in [9.17, 15) is 0 Å². The molecule has 0 aromatic heterocycles. The average molecular weight is 151 g/mol. The molecule has 1 heterocycles. The van der Waals surface area contributed by atoms with Crippen LogP contribution >= 0.6 is 0 Å². The van der Waals surface area contributed by atoms with Crippen LogP contribution in [0.4, 0.5) is 0 Å². The first-order valence-electron chi connectivity index (χ1n) is 4.45. The summed E-state index contributed by atoms with van der Waals surface area (Å²) in [7, 11) is 0. The van der Waals surface area contributed by atoms with Crippen LogP contribution in [0.5, 0.6) is 0 Å². The van der Waals surface area contributed by atoms with Gasteiger partial charge in [0.2, 0.25) is 0 Å². The largest absolute Gasteiger partial charge is 0.287 e. The van der Waals surface area contributed by atoms with Crippen molar-refractivity contribution in [3.8, 4) is 12.3 Å². The summed E-state index contributed by atoms with van der Waals surface area (Å²) in [5.74, 6) is 2.72. The maximum atomic E-state index is 5.29. The quantitative estimate of drug-likeness (QED) is 0.517. The van der Waals surface area contributed by atoms with Crippen molar-refractivity contribution in [1.29, 1.82) is 0 Å². The van der Waals surface area contributed by atoms with Crippen molar-refractivity contribution < 1.29 is 0 Å². The van der Waals surface area contributed by atoms with Crippen LogP contribution in [0.2, 0.25) is 0 Å². The van der Waals surface area contributed by atoms with E-state index in [1.807, 2.05) is 0 Å². The van der Waals surface area contributed by atoms with Crippen LogP contribution in [-0.2, 0) is 0 Å². The smallest absolute Gasteiger partial charge is 0.0603 e. The van der Waals surface area contributed by atoms with E-state index >= 15 is 0 Å². The van der Waals surface area contributed by atoms with Gasteiger partial charge in [0.05, 0.1) is 6.54 Å². The van der Waals surface area contributed by atoms with Crippen LogP contribution in [-0.4, -0.2) is 23.5 Å². The zero-order chi connectivity index (χ0) is 8.27. The van der Waals surface area contributed by atoms with Gasteiger partial charge in [-0.3, -0.25) is 4.90 Å². The molecule has 1 saturated heterocycles. The molecule has 2 atom stereocenters. The maximum absolute atomic E-state index is 5.29. The second-order valence-corrected chi connectivity index (χ2v) is 3.51. The SMILES string of the molecule is C#CCN1C(C)CCCC1C. The predicted octanol–water partition coefficient (Wildman–Crippen LogP) is 1.88. The molecule has 0 saturated carbocycles. The Hall–Kier alpha value is -0.480. The fraction of sp³-hybridized carbons (Fsp3) is 0.800. The summed E-state index contributed by atoms with van der Waals surface area (Å²) >= 11 is 0. The zero-order valence-corrected chi connectivity index (χ0v) is 7.51. The highest BCUT2D eigenvalue weighted by molar-refractivity contribution is 4.92. The summed E-state index contributed by atoms with van der Waals surface area (Å²) < 4.78 is 0. The van der Waals surface area contributed by atoms with Gasteiger partial charge in [-0.25, -0.2) is 0 Å². The van der Waals surface area contributed by atoms with E-state index in [0.29, 0.717) is 12.1 Å². The van der Waals surface area contributed by atoms with Crippen molar-refractivity contribution >= 4 is 0 Å².